The molecule has 0 bridgehead atoms. The Bertz CT molecular complexity index is 1050. The Balaban J connectivity index is 1.25. The highest BCUT2D eigenvalue weighted by Gasteiger charge is 2.33. The molecule has 5 heteroatoms. The molecule has 3 aromatic rings. The van der Waals surface area contributed by atoms with Gasteiger partial charge in [0.2, 0.25) is 5.95 Å². The van der Waals surface area contributed by atoms with E-state index in [0.717, 1.165) is 38.1 Å². The van der Waals surface area contributed by atoms with Crippen molar-refractivity contribution in [3.8, 4) is 0 Å². The van der Waals surface area contributed by atoms with Gasteiger partial charge in [-0.25, -0.2) is 4.98 Å². The number of hydrogen-bond donors (Lipinski definition) is 1. The molecule has 1 saturated heterocycles. The summed E-state index contributed by atoms with van der Waals surface area (Å²) in [6, 6.07) is 18.7. The summed E-state index contributed by atoms with van der Waals surface area (Å²) in [5, 5.41) is 0.646. The van der Waals surface area contributed by atoms with Crippen molar-refractivity contribution in [3.63, 3.8) is 0 Å². The van der Waals surface area contributed by atoms with Crippen LogP contribution in [0, 0.1) is 0 Å². The highest BCUT2D eigenvalue weighted by molar-refractivity contribution is 5.78. The lowest BCUT2D eigenvalue weighted by Crippen LogP contribution is -2.60. The summed E-state index contributed by atoms with van der Waals surface area (Å²) in [4.78, 5) is 24.5. The molecule has 3 heterocycles. The first-order chi connectivity index (χ1) is 13.3. The van der Waals surface area contributed by atoms with Gasteiger partial charge in [-0.15, -0.1) is 0 Å². The van der Waals surface area contributed by atoms with Crippen molar-refractivity contribution in [2.75, 3.05) is 31.1 Å². The Kier molecular flexibility index (Phi) is 4.02. The monoisotopic (exact) mass is 358 g/mol. The van der Waals surface area contributed by atoms with Crippen molar-refractivity contribution in [2.24, 2.45) is 0 Å². The molecule has 5 rings (SSSR count). The first-order valence-electron chi connectivity index (χ1n) is 9.50. The molecule has 5 nitrogen and oxygen atoms in total. The molecule has 0 aliphatic carbocycles. The molecule has 0 saturated carbocycles. The van der Waals surface area contributed by atoms with Gasteiger partial charge in [-0.3, -0.25) is 14.7 Å². The van der Waals surface area contributed by atoms with Crippen molar-refractivity contribution < 1.29 is 0 Å². The highest BCUT2D eigenvalue weighted by Crippen LogP contribution is 2.27. The van der Waals surface area contributed by atoms with Gasteiger partial charge in [-0.1, -0.05) is 48.5 Å². The molecular weight excluding hydrogens is 336 g/mol. The number of H-pyrrole nitrogens is 1. The molecule has 0 amide bonds. The number of hydrogen-bond acceptors (Lipinski definition) is 4. The third kappa shape index (κ3) is 3.04. The molecule has 0 atom stereocenters. The number of rotatable bonds is 3. The van der Waals surface area contributed by atoms with Gasteiger partial charge in [0.05, 0.1) is 10.9 Å². The van der Waals surface area contributed by atoms with E-state index in [1.165, 1.54) is 11.1 Å². The number of aromatic amines is 1. The van der Waals surface area contributed by atoms with E-state index in [1.807, 2.05) is 24.3 Å². The molecule has 0 spiro atoms. The smallest absolute Gasteiger partial charge is 0.260 e. The highest BCUT2D eigenvalue weighted by atomic mass is 16.1. The fourth-order valence-corrected chi connectivity index (χ4v) is 4.01. The molecule has 0 radical (unpaired) electrons. The molecule has 1 fully saturated rings. The summed E-state index contributed by atoms with van der Waals surface area (Å²) in [6.07, 6.45) is 3.45. The van der Waals surface area contributed by atoms with E-state index in [9.17, 15) is 4.79 Å². The second-order valence-corrected chi connectivity index (χ2v) is 7.31. The average molecular weight is 358 g/mol. The van der Waals surface area contributed by atoms with Crippen LogP contribution in [0.1, 0.15) is 12.0 Å². The van der Waals surface area contributed by atoms with Gasteiger partial charge in [-0.2, -0.15) is 0 Å². The molecule has 0 unspecified atom stereocenters. The molecule has 136 valence electrons. The van der Waals surface area contributed by atoms with Crippen LogP contribution in [0.25, 0.3) is 16.5 Å². The SMILES string of the molecule is O=c1[nH]c(N2CC(N3CC=C(c4ccccc4)CC3)C2)nc2ccccc12. The number of fused-ring (bicyclic) bond motifs is 1. The maximum absolute atomic E-state index is 12.3. The molecule has 2 aliphatic heterocycles. The van der Waals surface area contributed by atoms with E-state index >= 15 is 0 Å². The van der Waals surface area contributed by atoms with Crippen molar-refractivity contribution in [1.29, 1.82) is 0 Å². The zero-order valence-corrected chi connectivity index (χ0v) is 15.1. The maximum Gasteiger partial charge on any atom is 0.260 e. The summed E-state index contributed by atoms with van der Waals surface area (Å²) in [7, 11) is 0. The fraction of sp³-hybridized carbons (Fsp3) is 0.273. The zero-order valence-electron chi connectivity index (χ0n) is 15.1. The van der Waals surface area contributed by atoms with E-state index in [1.54, 1.807) is 0 Å². The summed E-state index contributed by atoms with van der Waals surface area (Å²) < 4.78 is 0. The number of benzene rings is 2. The Hall–Kier alpha value is -2.92. The van der Waals surface area contributed by atoms with Gasteiger partial charge in [0, 0.05) is 32.2 Å². The third-order valence-electron chi connectivity index (χ3n) is 5.66. The molecular formula is C22H22N4O. The topological polar surface area (TPSA) is 52.2 Å². The van der Waals surface area contributed by atoms with Crippen molar-refractivity contribution in [3.05, 3.63) is 76.6 Å². The summed E-state index contributed by atoms with van der Waals surface area (Å²) in [5.41, 5.74) is 3.48. The minimum absolute atomic E-state index is 0.0625. The predicted octanol–water partition coefficient (Wildman–Crippen LogP) is 2.90. The van der Waals surface area contributed by atoms with Crippen molar-refractivity contribution in [2.45, 2.75) is 12.5 Å². The van der Waals surface area contributed by atoms with Crippen LogP contribution in [0.5, 0.6) is 0 Å². The molecule has 27 heavy (non-hydrogen) atoms. The van der Waals surface area contributed by atoms with Crippen LogP contribution in [0.3, 0.4) is 0 Å². The van der Waals surface area contributed by atoms with E-state index in [0.29, 0.717) is 17.4 Å². The number of aromatic nitrogens is 2. The molecule has 1 aromatic heterocycles. The van der Waals surface area contributed by atoms with Crippen molar-refractivity contribution >= 4 is 22.4 Å². The van der Waals surface area contributed by atoms with Gasteiger partial charge in [0.15, 0.2) is 0 Å². The number of nitrogens with one attached hydrogen (secondary N) is 1. The van der Waals surface area contributed by atoms with Crippen molar-refractivity contribution in [1.82, 2.24) is 14.9 Å². The van der Waals surface area contributed by atoms with Crippen LogP contribution >= 0.6 is 0 Å². The van der Waals surface area contributed by atoms with E-state index in [-0.39, 0.29) is 5.56 Å². The Morgan fingerprint density at radius 2 is 1.78 bits per heavy atom. The molecule has 2 aromatic carbocycles. The Labute approximate surface area is 158 Å². The number of nitrogens with zero attached hydrogens (tertiary/aromatic N) is 3. The number of anilines is 1. The normalized spacial score (nSPS) is 18.4. The van der Waals surface area contributed by atoms with Gasteiger partial charge in [-0.05, 0) is 29.7 Å². The molecule has 2 aliphatic rings. The van der Waals surface area contributed by atoms with Gasteiger partial charge in [0.25, 0.3) is 5.56 Å². The summed E-state index contributed by atoms with van der Waals surface area (Å²) >= 11 is 0. The first-order valence-corrected chi connectivity index (χ1v) is 9.50. The Morgan fingerprint density at radius 1 is 1.00 bits per heavy atom. The fourth-order valence-electron chi connectivity index (χ4n) is 4.01. The first kappa shape index (κ1) is 16.3. The minimum Gasteiger partial charge on any atom is -0.339 e. The standard InChI is InChI=1S/C22H22N4O/c27-21-19-8-4-5-9-20(19)23-22(24-21)26-14-18(15-26)25-12-10-17(11-13-25)16-6-2-1-3-7-16/h1-10,18H,11-15H2,(H,23,24,27). The van der Waals surface area contributed by atoms with Crippen LogP contribution in [0.4, 0.5) is 5.95 Å². The maximum atomic E-state index is 12.3. The van der Waals surface area contributed by atoms with E-state index in [4.69, 9.17) is 0 Å². The van der Waals surface area contributed by atoms with Gasteiger partial charge >= 0.3 is 0 Å². The van der Waals surface area contributed by atoms with Crippen LogP contribution in [-0.4, -0.2) is 47.1 Å². The third-order valence-corrected chi connectivity index (χ3v) is 5.66. The van der Waals surface area contributed by atoms with Gasteiger partial charge in [0.1, 0.15) is 0 Å². The van der Waals surface area contributed by atoms with Crippen LogP contribution in [0.2, 0.25) is 0 Å². The minimum atomic E-state index is -0.0625. The lowest BCUT2D eigenvalue weighted by Gasteiger charge is -2.46. The predicted molar refractivity (Wildman–Crippen MR) is 109 cm³/mol. The quantitative estimate of drug-likeness (QED) is 0.782. The van der Waals surface area contributed by atoms with E-state index < -0.39 is 0 Å². The van der Waals surface area contributed by atoms with Gasteiger partial charge < -0.3 is 4.90 Å². The zero-order chi connectivity index (χ0) is 18.2. The summed E-state index contributed by atoms with van der Waals surface area (Å²) in [6.45, 7) is 3.90. The molecule has 1 N–H and O–H groups in total. The summed E-state index contributed by atoms with van der Waals surface area (Å²) in [5.74, 6) is 0.687. The lowest BCUT2D eigenvalue weighted by atomic mass is 9.97. The Morgan fingerprint density at radius 3 is 2.56 bits per heavy atom. The lowest BCUT2D eigenvalue weighted by molar-refractivity contribution is 0.182. The van der Waals surface area contributed by atoms with Crippen LogP contribution in [0.15, 0.2) is 65.5 Å². The number of para-hydroxylation sites is 1. The second-order valence-electron chi connectivity index (χ2n) is 7.31. The largest absolute Gasteiger partial charge is 0.339 e. The van der Waals surface area contributed by atoms with Crippen LogP contribution in [-0.2, 0) is 0 Å². The average Bonchev–Trinajstić information content (AvgIpc) is 2.68. The van der Waals surface area contributed by atoms with Crippen LogP contribution < -0.4 is 10.5 Å². The second kappa shape index (κ2) is 6.67. The van der Waals surface area contributed by atoms with E-state index in [2.05, 4.69) is 56.2 Å².